The third-order valence-corrected chi connectivity index (χ3v) is 3.50. The third-order valence-electron chi connectivity index (χ3n) is 3.50. The van der Waals surface area contributed by atoms with E-state index in [-0.39, 0.29) is 0 Å². The Morgan fingerprint density at radius 1 is 1.10 bits per heavy atom. The second kappa shape index (κ2) is 5.55. The van der Waals surface area contributed by atoms with Crippen LogP contribution in [0.4, 0.5) is 23.5 Å². The maximum Gasteiger partial charge on any atom is 0.233 e. The van der Waals surface area contributed by atoms with Gasteiger partial charge >= 0.3 is 0 Å². The van der Waals surface area contributed by atoms with Gasteiger partial charge in [-0.3, -0.25) is 4.68 Å². The van der Waals surface area contributed by atoms with Crippen molar-refractivity contribution in [3.05, 3.63) is 11.9 Å². The largest absolute Gasteiger partial charge is 0.357 e. The summed E-state index contributed by atoms with van der Waals surface area (Å²) in [5.74, 6) is 1.82. The van der Waals surface area contributed by atoms with E-state index in [9.17, 15) is 0 Å². The van der Waals surface area contributed by atoms with Gasteiger partial charge in [0.05, 0.1) is 11.4 Å². The monoisotopic (exact) mass is 288 g/mol. The van der Waals surface area contributed by atoms with Crippen LogP contribution in [0, 0.1) is 6.92 Å². The molecule has 21 heavy (non-hydrogen) atoms. The summed E-state index contributed by atoms with van der Waals surface area (Å²) in [6.07, 6.45) is 4.28. The first-order valence-electron chi connectivity index (χ1n) is 7.12. The second-order valence-corrected chi connectivity index (χ2v) is 5.15. The van der Waals surface area contributed by atoms with Crippen molar-refractivity contribution in [3.63, 3.8) is 0 Å². The van der Waals surface area contributed by atoms with Gasteiger partial charge in [0.15, 0.2) is 0 Å². The minimum atomic E-state index is 0.535. The Balaban J connectivity index is 1.90. The van der Waals surface area contributed by atoms with E-state index in [1.165, 1.54) is 12.8 Å². The molecular formula is C13H20N8. The van der Waals surface area contributed by atoms with Crippen LogP contribution in [-0.4, -0.2) is 44.9 Å². The number of rotatable bonds is 4. The van der Waals surface area contributed by atoms with Crippen LogP contribution in [0.1, 0.15) is 18.5 Å². The summed E-state index contributed by atoms with van der Waals surface area (Å²) in [6.45, 7) is 3.95. The summed E-state index contributed by atoms with van der Waals surface area (Å²) in [5.41, 5.74) is 1.81. The lowest BCUT2D eigenvalue weighted by Crippen LogP contribution is -2.21. The summed E-state index contributed by atoms with van der Waals surface area (Å²) in [6, 6.07) is 0. The fraction of sp³-hybridized carbons (Fsp3) is 0.538. The quantitative estimate of drug-likeness (QED) is 0.877. The maximum absolute atomic E-state index is 4.52. The highest BCUT2D eigenvalue weighted by molar-refractivity contribution is 5.57. The fourth-order valence-electron chi connectivity index (χ4n) is 2.43. The number of anilines is 4. The number of nitrogens with zero attached hydrogens (tertiary/aromatic N) is 6. The van der Waals surface area contributed by atoms with E-state index < -0.39 is 0 Å². The van der Waals surface area contributed by atoms with Gasteiger partial charge in [0.2, 0.25) is 17.8 Å². The normalized spacial score (nSPS) is 14.5. The molecule has 2 aromatic heterocycles. The Morgan fingerprint density at radius 3 is 2.43 bits per heavy atom. The van der Waals surface area contributed by atoms with E-state index in [1.807, 2.05) is 27.2 Å². The van der Waals surface area contributed by atoms with E-state index >= 15 is 0 Å². The standard InChI is InChI=1S/C13H20N8/c1-9-10(8-20(3)19-9)15-12-16-11(14-2)17-13(18-12)21-6-4-5-7-21/h8H,4-7H2,1-3H3,(H2,14,15,16,17,18). The Morgan fingerprint density at radius 2 is 1.81 bits per heavy atom. The van der Waals surface area contributed by atoms with Crippen molar-refractivity contribution in [1.82, 2.24) is 24.7 Å². The zero-order valence-electron chi connectivity index (χ0n) is 12.6. The van der Waals surface area contributed by atoms with Gasteiger partial charge in [0.1, 0.15) is 0 Å². The summed E-state index contributed by atoms with van der Waals surface area (Å²) in [4.78, 5) is 15.5. The number of hydrogen-bond acceptors (Lipinski definition) is 7. The Kier molecular flexibility index (Phi) is 3.59. The SMILES string of the molecule is CNc1nc(Nc2cn(C)nc2C)nc(N2CCCC2)n1. The Hall–Kier alpha value is -2.38. The lowest BCUT2D eigenvalue weighted by molar-refractivity contribution is 0.756. The van der Waals surface area contributed by atoms with Crippen LogP contribution < -0.4 is 15.5 Å². The molecule has 3 rings (SSSR count). The summed E-state index contributed by atoms with van der Waals surface area (Å²) < 4.78 is 1.76. The van der Waals surface area contributed by atoms with Crippen LogP contribution in [0.5, 0.6) is 0 Å². The van der Waals surface area contributed by atoms with Crippen LogP contribution in [0.2, 0.25) is 0 Å². The van der Waals surface area contributed by atoms with E-state index in [4.69, 9.17) is 0 Å². The predicted molar refractivity (Wildman–Crippen MR) is 82.0 cm³/mol. The van der Waals surface area contributed by atoms with Gasteiger partial charge in [-0.25, -0.2) is 0 Å². The molecule has 0 amide bonds. The molecule has 0 bridgehead atoms. The van der Waals surface area contributed by atoms with Crippen LogP contribution in [0.3, 0.4) is 0 Å². The van der Waals surface area contributed by atoms with Gasteiger partial charge in [-0.05, 0) is 19.8 Å². The molecule has 0 aliphatic carbocycles. The molecule has 0 unspecified atom stereocenters. The zero-order chi connectivity index (χ0) is 14.8. The molecule has 0 radical (unpaired) electrons. The zero-order valence-corrected chi connectivity index (χ0v) is 12.6. The van der Waals surface area contributed by atoms with Gasteiger partial charge in [0.25, 0.3) is 0 Å². The number of aromatic nitrogens is 5. The van der Waals surface area contributed by atoms with Crippen LogP contribution in [0.15, 0.2) is 6.20 Å². The molecular weight excluding hydrogens is 268 g/mol. The van der Waals surface area contributed by atoms with E-state index in [2.05, 4.69) is 35.6 Å². The molecule has 2 aromatic rings. The first kappa shape index (κ1) is 13.6. The molecule has 0 atom stereocenters. The highest BCUT2D eigenvalue weighted by Crippen LogP contribution is 2.21. The molecule has 1 fully saturated rings. The van der Waals surface area contributed by atoms with Crippen molar-refractivity contribution < 1.29 is 0 Å². The van der Waals surface area contributed by atoms with Crippen molar-refractivity contribution in [2.45, 2.75) is 19.8 Å². The second-order valence-electron chi connectivity index (χ2n) is 5.15. The van der Waals surface area contributed by atoms with Gasteiger partial charge in [-0.2, -0.15) is 20.1 Å². The molecule has 0 aromatic carbocycles. The fourth-order valence-corrected chi connectivity index (χ4v) is 2.43. The molecule has 2 N–H and O–H groups in total. The Bertz CT molecular complexity index is 629. The highest BCUT2D eigenvalue weighted by Gasteiger charge is 2.17. The summed E-state index contributed by atoms with van der Waals surface area (Å²) >= 11 is 0. The van der Waals surface area contributed by atoms with Crippen LogP contribution in [0.25, 0.3) is 0 Å². The minimum Gasteiger partial charge on any atom is -0.357 e. The molecule has 0 spiro atoms. The minimum absolute atomic E-state index is 0.535. The topological polar surface area (TPSA) is 83.8 Å². The van der Waals surface area contributed by atoms with Crippen molar-refractivity contribution in [3.8, 4) is 0 Å². The average molecular weight is 288 g/mol. The highest BCUT2D eigenvalue weighted by atomic mass is 15.3. The molecule has 1 saturated heterocycles. The van der Waals surface area contributed by atoms with E-state index in [0.29, 0.717) is 11.9 Å². The first-order chi connectivity index (χ1) is 10.2. The molecule has 1 aliphatic rings. The van der Waals surface area contributed by atoms with Gasteiger partial charge in [0, 0.05) is 33.4 Å². The van der Waals surface area contributed by atoms with Crippen molar-refractivity contribution in [2.24, 2.45) is 7.05 Å². The third kappa shape index (κ3) is 2.88. The maximum atomic E-state index is 4.52. The number of hydrogen-bond donors (Lipinski definition) is 2. The van der Waals surface area contributed by atoms with Crippen molar-refractivity contribution in [1.29, 1.82) is 0 Å². The van der Waals surface area contributed by atoms with Crippen molar-refractivity contribution in [2.75, 3.05) is 35.7 Å². The predicted octanol–water partition coefficient (Wildman–Crippen LogP) is 1.30. The Labute approximate surface area is 123 Å². The van der Waals surface area contributed by atoms with Crippen LogP contribution >= 0.6 is 0 Å². The number of nitrogens with one attached hydrogen (secondary N) is 2. The van der Waals surface area contributed by atoms with E-state index in [0.717, 1.165) is 30.4 Å². The van der Waals surface area contributed by atoms with Gasteiger partial charge in [-0.1, -0.05) is 0 Å². The average Bonchev–Trinajstić information content (AvgIpc) is 3.09. The lowest BCUT2D eigenvalue weighted by Gasteiger charge is -2.16. The molecule has 112 valence electrons. The molecule has 3 heterocycles. The molecule has 8 nitrogen and oxygen atoms in total. The van der Waals surface area contributed by atoms with Gasteiger partial charge < -0.3 is 15.5 Å². The smallest absolute Gasteiger partial charge is 0.233 e. The lowest BCUT2D eigenvalue weighted by atomic mass is 10.4. The molecule has 8 heteroatoms. The molecule has 1 aliphatic heterocycles. The van der Waals surface area contributed by atoms with E-state index in [1.54, 1.807) is 4.68 Å². The number of aryl methyl sites for hydroxylation is 2. The van der Waals surface area contributed by atoms with Crippen molar-refractivity contribution >= 4 is 23.5 Å². The first-order valence-corrected chi connectivity index (χ1v) is 7.12. The summed E-state index contributed by atoms with van der Waals surface area (Å²) in [5, 5.41) is 10.5. The van der Waals surface area contributed by atoms with Crippen LogP contribution in [-0.2, 0) is 7.05 Å². The summed E-state index contributed by atoms with van der Waals surface area (Å²) in [7, 11) is 3.70. The van der Waals surface area contributed by atoms with Gasteiger partial charge in [-0.15, -0.1) is 0 Å². The molecule has 0 saturated carbocycles.